The van der Waals surface area contributed by atoms with Crippen LogP contribution in [0.4, 0.5) is 13.2 Å². The molecule has 6 bridgehead atoms. The number of carbonyl (C=O) groups excluding carboxylic acids is 2. The van der Waals surface area contributed by atoms with Crippen LogP contribution in [0.15, 0.2) is 0 Å². The molecule has 7 aliphatic rings. The summed E-state index contributed by atoms with van der Waals surface area (Å²) in [7, 11) is 0. The zero-order valence-corrected chi connectivity index (χ0v) is 25.1. The van der Waals surface area contributed by atoms with Crippen molar-refractivity contribution in [3.8, 4) is 0 Å². The van der Waals surface area contributed by atoms with Crippen LogP contribution in [0.2, 0.25) is 0 Å². The Labute approximate surface area is 249 Å². The molecule has 242 valence electrons. The third-order valence-corrected chi connectivity index (χ3v) is 10.9. The van der Waals surface area contributed by atoms with Crippen LogP contribution in [0.25, 0.3) is 0 Å². The summed E-state index contributed by atoms with van der Waals surface area (Å²) in [6, 6.07) is 0. The number of hydrogen-bond acceptors (Lipinski definition) is 14. The molecule has 0 aliphatic heterocycles. The number of aliphatic hydroxyl groups is 2. The summed E-state index contributed by atoms with van der Waals surface area (Å²) in [6.07, 6.45) is 4.28. The van der Waals surface area contributed by atoms with Crippen LogP contribution in [0.5, 0.6) is 0 Å². The van der Waals surface area contributed by atoms with Crippen molar-refractivity contribution >= 4 is 36.0 Å². The van der Waals surface area contributed by atoms with Crippen molar-refractivity contribution in [3.63, 3.8) is 0 Å². The second-order valence-electron chi connectivity index (χ2n) is 13.3. The lowest BCUT2D eigenvalue weighted by Gasteiger charge is -2.63. The van der Waals surface area contributed by atoms with E-state index in [-0.39, 0.29) is 29.3 Å². The van der Waals surface area contributed by atoms with Crippen LogP contribution in [0.3, 0.4) is 0 Å². The van der Waals surface area contributed by atoms with Crippen molar-refractivity contribution in [2.45, 2.75) is 112 Å². The standard InChI is InChI=1S/C13H19FO6S.C12H18F2O6S/c1-11(14,21-20-19-17)10(15)18-13-5-8-2-9(6-13)4-12(16,3-8)7-13;1-10(2)6-4-7(10)8(15)11(3,5-6)18-9(16)12(13,14)21-20-19-17/h8-9,16-17H,2-7H2,1H3;6-8,15,17H,4-5H2,1-3H3/p-2. The van der Waals surface area contributed by atoms with Crippen LogP contribution in [0.1, 0.15) is 79.1 Å². The van der Waals surface area contributed by atoms with E-state index in [0.717, 1.165) is 32.6 Å². The van der Waals surface area contributed by atoms with Gasteiger partial charge < -0.3 is 30.2 Å². The largest absolute Gasteiger partial charge is 0.691 e. The number of alkyl halides is 3. The summed E-state index contributed by atoms with van der Waals surface area (Å²) >= 11 is -0.761. The van der Waals surface area contributed by atoms with E-state index in [2.05, 4.69) is 18.7 Å². The molecule has 7 aliphatic carbocycles. The maximum atomic E-state index is 14.1. The van der Waals surface area contributed by atoms with Gasteiger partial charge in [-0.25, -0.2) is 14.0 Å². The third kappa shape index (κ3) is 6.70. The Morgan fingerprint density at radius 3 is 1.95 bits per heavy atom. The highest BCUT2D eigenvalue weighted by atomic mass is 32.2. The molecule has 0 radical (unpaired) electrons. The number of hydrogen-bond donors (Lipinski definition) is 2. The molecule has 0 amide bonds. The van der Waals surface area contributed by atoms with Crippen LogP contribution in [0, 0.1) is 29.1 Å². The molecule has 7 saturated carbocycles. The van der Waals surface area contributed by atoms with Crippen LogP contribution < -0.4 is 10.5 Å². The number of carbonyl (C=O) groups is 2. The molecule has 7 rings (SSSR count). The first-order chi connectivity index (χ1) is 19.3. The Bertz CT molecular complexity index is 1020. The van der Waals surface area contributed by atoms with E-state index in [4.69, 9.17) is 9.47 Å². The van der Waals surface area contributed by atoms with Gasteiger partial charge in [0.1, 0.15) is 23.2 Å². The first-order valence-corrected chi connectivity index (χ1v) is 15.0. The predicted octanol–water partition coefficient (Wildman–Crippen LogP) is 2.35. The van der Waals surface area contributed by atoms with Gasteiger partial charge in [-0.1, -0.05) is 13.8 Å². The number of rotatable bonds is 10. The van der Waals surface area contributed by atoms with Crippen molar-refractivity contribution in [1.82, 2.24) is 0 Å². The Morgan fingerprint density at radius 2 is 1.45 bits per heavy atom. The highest BCUT2D eigenvalue weighted by Crippen LogP contribution is 2.63. The second-order valence-corrected chi connectivity index (χ2v) is 15.2. The second kappa shape index (κ2) is 11.8. The zero-order valence-electron chi connectivity index (χ0n) is 23.5. The first kappa shape index (κ1) is 34.0. The van der Waals surface area contributed by atoms with E-state index in [1.54, 1.807) is 0 Å². The van der Waals surface area contributed by atoms with Gasteiger partial charge in [-0.3, -0.25) is 10.1 Å². The molecule has 42 heavy (non-hydrogen) atoms. The third-order valence-electron chi connectivity index (χ3n) is 9.80. The van der Waals surface area contributed by atoms with Gasteiger partial charge in [-0.15, -0.1) is 0 Å². The van der Waals surface area contributed by atoms with Gasteiger partial charge in [0.15, 0.2) is 0 Å². The average molecular weight is 649 g/mol. The predicted molar refractivity (Wildman–Crippen MR) is 133 cm³/mol. The van der Waals surface area contributed by atoms with Gasteiger partial charge in [-0.2, -0.15) is 17.4 Å². The fraction of sp³-hybridized carbons (Fsp3) is 0.920. The van der Waals surface area contributed by atoms with E-state index < -0.39 is 57.1 Å². The molecule has 0 aromatic rings. The number of esters is 2. The quantitative estimate of drug-likeness (QED) is 0.153. The van der Waals surface area contributed by atoms with E-state index in [1.807, 2.05) is 13.8 Å². The summed E-state index contributed by atoms with van der Waals surface area (Å²) in [6.45, 7) is 6.39. The van der Waals surface area contributed by atoms with E-state index in [1.165, 1.54) is 6.92 Å². The van der Waals surface area contributed by atoms with Gasteiger partial charge in [0.05, 0.1) is 23.7 Å². The molecular weight excluding hydrogens is 613 g/mol. The Balaban J connectivity index is 0.000000193. The highest BCUT2D eigenvalue weighted by molar-refractivity contribution is 7.96. The lowest BCUT2D eigenvalue weighted by molar-refractivity contribution is -0.777. The van der Waals surface area contributed by atoms with Crippen LogP contribution in [-0.4, -0.2) is 55.3 Å². The fourth-order valence-electron chi connectivity index (χ4n) is 8.09. The average Bonchev–Trinajstić information content (AvgIpc) is 2.86. The lowest BCUT2D eigenvalue weighted by Crippen LogP contribution is -2.66. The molecular formula is C25H35F3O12S2-2. The SMILES string of the molecule is CC(F)(SOO[O-])C(=O)OC12CC3CC(CC(O)(C3)C1)C2.CC1(OC(=O)C(F)(F)SOO[O-])CC2CC(C1O)C2(C)C. The van der Waals surface area contributed by atoms with Crippen molar-refractivity contribution in [3.05, 3.63) is 0 Å². The van der Waals surface area contributed by atoms with Crippen molar-refractivity contribution in [2.24, 2.45) is 29.1 Å². The lowest BCUT2D eigenvalue weighted by atomic mass is 9.45. The summed E-state index contributed by atoms with van der Waals surface area (Å²) in [5.41, 5.74) is -3.05. The summed E-state index contributed by atoms with van der Waals surface area (Å²) in [4.78, 5) is 23.6. The zero-order chi connectivity index (χ0) is 31.4. The van der Waals surface area contributed by atoms with Gasteiger partial charge in [0.25, 0.3) is 5.00 Å². The van der Waals surface area contributed by atoms with Crippen LogP contribution >= 0.6 is 24.1 Å². The Hall–Kier alpha value is -0.890. The molecule has 0 heterocycles. The fourth-order valence-corrected chi connectivity index (χ4v) is 8.58. The molecule has 0 saturated heterocycles. The minimum absolute atomic E-state index is 0.0239. The molecule has 0 aromatic carbocycles. The molecule has 7 atom stereocenters. The van der Waals surface area contributed by atoms with Gasteiger partial charge in [0.2, 0.25) is 0 Å². The first-order valence-electron chi connectivity index (χ1n) is 13.5. The molecule has 7 unspecified atom stereocenters. The molecule has 0 aromatic heterocycles. The van der Waals surface area contributed by atoms with Gasteiger partial charge >= 0.3 is 17.2 Å². The molecule has 2 N–H and O–H groups in total. The minimum atomic E-state index is -4.09. The monoisotopic (exact) mass is 648 g/mol. The molecule has 7 fully saturated rings. The molecule has 12 nitrogen and oxygen atoms in total. The van der Waals surface area contributed by atoms with E-state index >= 15 is 0 Å². The number of fused-ring (bicyclic) bond motifs is 2. The number of halogens is 3. The maximum Gasteiger partial charge on any atom is 0.415 e. The van der Waals surface area contributed by atoms with Crippen molar-refractivity contribution in [2.75, 3.05) is 0 Å². The summed E-state index contributed by atoms with van der Waals surface area (Å²) < 4.78 is 58.6. The van der Waals surface area contributed by atoms with Crippen molar-refractivity contribution < 1.29 is 71.7 Å². The van der Waals surface area contributed by atoms with Crippen LogP contribution in [-0.2, 0) is 37.8 Å². The summed E-state index contributed by atoms with van der Waals surface area (Å²) in [5, 5.41) is 39.4. The smallest absolute Gasteiger partial charge is 0.415 e. The van der Waals surface area contributed by atoms with Gasteiger partial charge in [0, 0.05) is 6.42 Å². The number of aliphatic hydroxyl groups excluding tert-OH is 1. The Kier molecular flexibility index (Phi) is 9.55. The number of ether oxygens (including phenoxy) is 2. The molecule has 17 heteroatoms. The minimum Gasteiger partial charge on any atom is -0.691 e. The summed E-state index contributed by atoms with van der Waals surface area (Å²) in [5.74, 6) is -2.23. The Morgan fingerprint density at radius 1 is 0.881 bits per heavy atom. The normalized spacial score (nSPS) is 40.7. The molecule has 0 spiro atoms. The topological polar surface area (TPSA) is 176 Å². The maximum absolute atomic E-state index is 14.1. The van der Waals surface area contributed by atoms with Gasteiger partial charge in [-0.05, 0) is 87.9 Å². The van der Waals surface area contributed by atoms with E-state index in [9.17, 15) is 43.5 Å². The van der Waals surface area contributed by atoms with Crippen molar-refractivity contribution in [1.29, 1.82) is 0 Å². The highest BCUT2D eigenvalue weighted by Gasteiger charge is 2.64. The van der Waals surface area contributed by atoms with E-state index in [0.29, 0.717) is 37.5 Å².